The first-order valence-electron chi connectivity index (χ1n) is 5.99. The maximum atomic E-state index is 2.49. The van der Waals surface area contributed by atoms with Gasteiger partial charge in [0.15, 0.2) is 0 Å². The maximum Gasteiger partial charge on any atom is -0.0200 e. The van der Waals surface area contributed by atoms with Gasteiger partial charge in [0, 0.05) is 0 Å². The molecule has 0 aromatic carbocycles. The standard InChI is InChI=1S/C13H22.3CH4/c1-3-11-8-9-13(10(11)2)12-6-4-5-7-12;;;/h4,6,10-13H,3,5,7-9H2,1-2H3;3*1H4. The van der Waals surface area contributed by atoms with Crippen molar-refractivity contribution < 1.29 is 0 Å². The largest absolute Gasteiger partial charge is 0.0882 e. The minimum absolute atomic E-state index is 0. The Balaban J connectivity index is 0. The maximum absolute atomic E-state index is 2.49. The summed E-state index contributed by atoms with van der Waals surface area (Å²) in [6, 6.07) is 0. The molecule has 0 nitrogen and oxygen atoms in total. The average Bonchev–Trinajstić information content (AvgIpc) is 2.72. The number of allylic oxidation sites excluding steroid dienone is 2. The van der Waals surface area contributed by atoms with Crippen LogP contribution in [0.1, 0.15) is 68.2 Å². The monoisotopic (exact) mass is 226 g/mol. The molecule has 98 valence electrons. The van der Waals surface area contributed by atoms with E-state index in [2.05, 4.69) is 26.0 Å². The van der Waals surface area contributed by atoms with Crippen molar-refractivity contribution in [2.75, 3.05) is 0 Å². The fraction of sp³-hybridized carbons (Fsp3) is 0.875. The molecular formula is C16H34. The predicted octanol–water partition coefficient (Wildman–Crippen LogP) is 5.93. The molecule has 2 rings (SSSR count). The van der Waals surface area contributed by atoms with Crippen molar-refractivity contribution in [3.8, 4) is 0 Å². The molecule has 1 fully saturated rings. The van der Waals surface area contributed by atoms with Gasteiger partial charge in [-0.2, -0.15) is 0 Å². The van der Waals surface area contributed by atoms with E-state index in [4.69, 9.17) is 0 Å². The van der Waals surface area contributed by atoms with Crippen LogP contribution in [0.2, 0.25) is 0 Å². The quantitative estimate of drug-likeness (QED) is 0.512. The summed E-state index contributed by atoms with van der Waals surface area (Å²) in [5.41, 5.74) is 0. The van der Waals surface area contributed by atoms with Gasteiger partial charge in [-0.25, -0.2) is 0 Å². The third-order valence-corrected chi connectivity index (χ3v) is 4.41. The Bertz CT molecular complexity index is 192. The first-order chi connectivity index (χ1) is 6.33. The van der Waals surface area contributed by atoms with Gasteiger partial charge in [-0.05, 0) is 49.4 Å². The molecule has 0 heterocycles. The number of hydrogen-bond acceptors (Lipinski definition) is 0. The summed E-state index contributed by atoms with van der Waals surface area (Å²) in [6.45, 7) is 4.84. The van der Waals surface area contributed by atoms with Crippen molar-refractivity contribution in [2.24, 2.45) is 23.7 Å². The van der Waals surface area contributed by atoms with Crippen LogP contribution in [-0.2, 0) is 0 Å². The third kappa shape index (κ3) is 3.37. The normalized spacial score (nSPS) is 36.1. The zero-order valence-corrected chi connectivity index (χ0v) is 9.00. The molecule has 4 unspecified atom stereocenters. The summed E-state index contributed by atoms with van der Waals surface area (Å²) in [7, 11) is 0. The van der Waals surface area contributed by atoms with E-state index in [0.29, 0.717) is 0 Å². The van der Waals surface area contributed by atoms with Gasteiger partial charge >= 0.3 is 0 Å². The van der Waals surface area contributed by atoms with Crippen LogP contribution >= 0.6 is 0 Å². The van der Waals surface area contributed by atoms with E-state index in [1.807, 2.05) is 0 Å². The second-order valence-electron chi connectivity index (χ2n) is 4.94. The second kappa shape index (κ2) is 7.92. The van der Waals surface area contributed by atoms with Crippen molar-refractivity contribution in [1.29, 1.82) is 0 Å². The Morgan fingerprint density at radius 2 is 1.75 bits per heavy atom. The summed E-state index contributed by atoms with van der Waals surface area (Å²) >= 11 is 0. The molecule has 0 heteroatoms. The van der Waals surface area contributed by atoms with Gasteiger partial charge in [0.25, 0.3) is 0 Å². The lowest BCUT2D eigenvalue weighted by Crippen LogP contribution is -2.17. The molecule has 0 aliphatic heterocycles. The highest BCUT2D eigenvalue weighted by Crippen LogP contribution is 2.45. The van der Waals surface area contributed by atoms with E-state index in [9.17, 15) is 0 Å². The fourth-order valence-electron chi connectivity index (χ4n) is 3.47. The Kier molecular flexibility index (Phi) is 8.97. The van der Waals surface area contributed by atoms with E-state index in [0.717, 1.165) is 23.7 Å². The molecule has 16 heavy (non-hydrogen) atoms. The molecule has 0 radical (unpaired) electrons. The fourth-order valence-corrected chi connectivity index (χ4v) is 3.47. The lowest BCUT2D eigenvalue weighted by Gasteiger charge is -2.24. The first-order valence-corrected chi connectivity index (χ1v) is 5.99. The molecule has 0 aromatic heterocycles. The summed E-state index contributed by atoms with van der Waals surface area (Å²) in [4.78, 5) is 0. The van der Waals surface area contributed by atoms with Crippen molar-refractivity contribution in [3.05, 3.63) is 12.2 Å². The second-order valence-corrected chi connectivity index (χ2v) is 4.94. The number of rotatable bonds is 2. The van der Waals surface area contributed by atoms with Crippen LogP contribution < -0.4 is 0 Å². The van der Waals surface area contributed by atoms with Gasteiger partial charge < -0.3 is 0 Å². The topological polar surface area (TPSA) is 0 Å². The van der Waals surface area contributed by atoms with Crippen molar-refractivity contribution in [3.63, 3.8) is 0 Å². The molecule has 1 saturated carbocycles. The molecule has 0 saturated heterocycles. The van der Waals surface area contributed by atoms with Crippen LogP contribution in [0.15, 0.2) is 12.2 Å². The van der Waals surface area contributed by atoms with E-state index >= 15 is 0 Å². The van der Waals surface area contributed by atoms with Gasteiger partial charge in [-0.3, -0.25) is 0 Å². The lowest BCUT2D eigenvalue weighted by molar-refractivity contribution is 0.273. The van der Waals surface area contributed by atoms with Crippen LogP contribution in [0.3, 0.4) is 0 Å². The molecular weight excluding hydrogens is 192 g/mol. The van der Waals surface area contributed by atoms with Crippen LogP contribution in [0.5, 0.6) is 0 Å². The van der Waals surface area contributed by atoms with E-state index in [-0.39, 0.29) is 22.3 Å². The molecule has 2 aliphatic rings. The number of hydrogen-bond donors (Lipinski definition) is 0. The highest BCUT2D eigenvalue weighted by molar-refractivity contribution is 5.01. The molecule has 0 spiro atoms. The average molecular weight is 226 g/mol. The van der Waals surface area contributed by atoms with Gasteiger partial charge in [-0.1, -0.05) is 54.7 Å². The van der Waals surface area contributed by atoms with E-state index in [1.165, 1.54) is 32.1 Å². The summed E-state index contributed by atoms with van der Waals surface area (Å²) in [6.07, 6.45) is 12.0. The molecule has 0 amide bonds. The SMILES string of the molecule is C.C.C.CCC1CCC(C2C=CCC2)C1C. The Morgan fingerprint density at radius 3 is 2.19 bits per heavy atom. The van der Waals surface area contributed by atoms with Crippen LogP contribution in [0, 0.1) is 23.7 Å². The molecule has 0 N–H and O–H groups in total. The minimum Gasteiger partial charge on any atom is -0.0882 e. The highest BCUT2D eigenvalue weighted by Gasteiger charge is 2.35. The van der Waals surface area contributed by atoms with E-state index in [1.54, 1.807) is 0 Å². The molecule has 2 aliphatic carbocycles. The van der Waals surface area contributed by atoms with Crippen molar-refractivity contribution >= 4 is 0 Å². The van der Waals surface area contributed by atoms with Crippen molar-refractivity contribution in [1.82, 2.24) is 0 Å². The smallest absolute Gasteiger partial charge is 0.0200 e. The summed E-state index contributed by atoms with van der Waals surface area (Å²) < 4.78 is 0. The zero-order valence-electron chi connectivity index (χ0n) is 9.00. The Hall–Kier alpha value is -0.260. The Labute approximate surface area is 105 Å². The first kappa shape index (κ1) is 18.1. The van der Waals surface area contributed by atoms with Crippen LogP contribution in [0.25, 0.3) is 0 Å². The van der Waals surface area contributed by atoms with Crippen LogP contribution in [0.4, 0.5) is 0 Å². The van der Waals surface area contributed by atoms with Gasteiger partial charge in [0.1, 0.15) is 0 Å². The molecule has 4 atom stereocenters. The lowest BCUT2D eigenvalue weighted by atomic mass is 9.81. The third-order valence-electron chi connectivity index (χ3n) is 4.41. The van der Waals surface area contributed by atoms with Gasteiger partial charge in [0.05, 0.1) is 0 Å². The molecule has 0 aromatic rings. The van der Waals surface area contributed by atoms with Crippen LogP contribution in [-0.4, -0.2) is 0 Å². The zero-order chi connectivity index (χ0) is 9.26. The van der Waals surface area contributed by atoms with Crippen molar-refractivity contribution in [2.45, 2.75) is 68.2 Å². The minimum atomic E-state index is 0. The van der Waals surface area contributed by atoms with E-state index < -0.39 is 0 Å². The molecule has 0 bridgehead atoms. The highest BCUT2D eigenvalue weighted by atomic mass is 14.4. The summed E-state index contributed by atoms with van der Waals surface area (Å²) in [5.74, 6) is 3.96. The Morgan fingerprint density at radius 1 is 1.06 bits per heavy atom. The van der Waals surface area contributed by atoms with Gasteiger partial charge in [-0.15, -0.1) is 0 Å². The summed E-state index contributed by atoms with van der Waals surface area (Å²) in [5, 5.41) is 0. The predicted molar refractivity (Wildman–Crippen MR) is 77.7 cm³/mol. The van der Waals surface area contributed by atoms with Gasteiger partial charge in [0.2, 0.25) is 0 Å².